The number of esters is 1. The Hall–Kier alpha value is -2.32. The number of aliphatic carboxylic acids is 1. The Morgan fingerprint density at radius 1 is 1.22 bits per heavy atom. The minimum absolute atomic E-state index is 0.0745. The molecule has 2 aliphatic heterocycles. The van der Waals surface area contributed by atoms with Crippen LogP contribution in [-0.4, -0.2) is 61.4 Å². The molecule has 0 amide bonds. The number of methoxy groups -OCH3 is 2. The first-order valence-corrected chi connectivity index (χ1v) is 11.4. The lowest BCUT2D eigenvalue weighted by Gasteiger charge is -2.47. The molecule has 4 unspecified atom stereocenters. The van der Waals surface area contributed by atoms with Crippen LogP contribution in [0.5, 0.6) is 11.5 Å². The fourth-order valence-electron chi connectivity index (χ4n) is 5.02. The van der Waals surface area contributed by atoms with Crippen molar-refractivity contribution in [3.8, 4) is 11.5 Å². The number of carboxylic acids is 1. The van der Waals surface area contributed by atoms with E-state index in [0.717, 1.165) is 31.7 Å². The maximum atomic E-state index is 12.7. The molecule has 2 aliphatic rings. The average Bonchev–Trinajstić information content (AvgIpc) is 2.76. The number of carboxylic acid groups (broad SMARTS) is 1. The molecule has 0 spiro atoms. The summed E-state index contributed by atoms with van der Waals surface area (Å²) in [4.78, 5) is 26.0. The highest BCUT2D eigenvalue weighted by atomic mass is 16.5. The number of benzene rings is 1. The van der Waals surface area contributed by atoms with Crippen LogP contribution >= 0.6 is 0 Å². The van der Waals surface area contributed by atoms with Crippen molar-refractivity contribution in [1.29, 1.82) is 0 Å². The van der Waals surface area contributed by atoms with E-state index >= 15 is 0 Å². The number of carbonyl (C=O) groups excluding carboxylic acids is 1. The van der Waals surface area contributed by atoms with Gasteiger partial charge in [-0.25, -0.2) is 0 Å². The van der Waals surface area contributed by atoms with Crippen LogP contribution in [0.2, 0.25) is 0 Å². The van der Waals surface area contributed by atoms with Gasteiger partial charge in [0.05, 0.1) is 14.2 Å². The summed E-state index contributed by atoms with van der Waals surface area (Å²) >= 11 is 0. The fraction of sp³-hybridized carbons (Fsp3) is 0.667. The van der Waals surface area contributed by atoms with Gasteiger partial charge in [-0.2, -0.15) is 0 Å². The van der Waals surface area contributed by atoms with Gasteiger partial charge in [-0.05, 0) is 48.4 Å². The first kappa shape index (κ1) is 24.3. The first-order chi connectivity index (χ1) is 15.2. The van der Waals surface area contributed by atoms with Crippen molar-refractivity contribution >= 4 is 11.9 Å². The van der Waals surface area contributed by atoms with Crippen LogP contribution in [0, 0.1) is 11.8 Å². The Bertz CT molecular complexity index is 827. The van der Waals surface area contributed by atoms with Crippen LogP contribution in [0.1, 0.15) is 56.7 Å². The van der Waals surface area contributed by atoms with Gasteiger partial charge in [0.15, 0.2) is 11.5 Å². The lowest BCUT2D eigenvalue weighted by molar-refractivity contribution is -0.159. The minimum Gasteiger partial charge on any atom is -0.493 e. The summed E-state index contributed by atoms with van der Waals surface area (Å²) in [6.07, 6.45) is 2.22. The molecule has 2 heterocycles. The molecule has 1 aromatic carbocycles. The van der Waals surface area contributed by atoms with Gasteiger partial charge in [0, 0.05) is 37.9 Å². The second kappa shape index (κ2) is 10.5. The van der Waals surface area contributed by atoms with Crippen molar-refractivity contribution in [1.82, 2.24) is 4.90 Å². The third-order valence-electron chi connectivity index (χ3n) is 6.58. The summed E-state index contributed by atoms with van der Waals surface area (Å²) in [6, 6.07) is 3.29. The van der Waals surface area contributed by atoms with Crippen LogP contribution in [-0.2, 0) is 20.7 Å². The van der Waals surface area contributed by atoms with Crippen molar-refractivity contribution in [2.75, 3.05) is 27.3 Å². The number of hydrogen-bond acceptors (Lipinski definition) is 7. The number of ether oxygens (including phenoxy) is 3. The molecule has 3 rings (SSSR count). The Labute approximate surface area is 190 Å². The van der Waals surface area contributed by atoms with Crippen molar-refractivity contribution in [3.05, 3.63) is 23.3 Å². The van der Waals surface area contributed by atoms with Crippen molar-refractivity contribution in [3.63, 3.8) is 0 Å². The quantitative estimate of drug-likeness (QED) is 0.555. The van der Waals surface area contributed by atoms with Gasteiger partial charge in [0.25, 0.3) is 0 Å². The molecule has 0 aromatic heterocycles. The molecule has 0 aliphatic carbocycles. The highest BCUT2D eigenvalue weighted by Gasteiger charge is 2.41. The summed E-state index contributed by atoms with van der Waals surface area (Å²) in [7, 11) is 3.27. The summed E-state index contributed by atoms with van der Waals surface area (Å²) in [5.41, 5.74) is 8.35. The SMILES string of the molecule is COc1cc2c(cc1OC)C1CC(OC(=O)C(N)CCC(=O)O)C(CC(C)C)CN1CC2. The van der Waals surface area contributed by atoms with Gasteiger partial charge in [-0.1, -0.05) is 13.8 Å². The standard InChI is InChI=1S/C24H36N2O6/c1-14(2)9-16-13-26-8-7-15-10-21(30-3)22(31-4)11-17(15)19(26)12-20(16)32-24(29)18(25)5-6-23(27)28/h10-11,14,16,18-20H,5-9,12-13,25H2,1-4H3,(H,27,28). The van der Waals surface area contributed by atoms with Crippen LogP contribution in [0.25, 0.3) is 0 Å². The third kappa shape index (κ3) is 5.53. The normalized spacial score (nSPS) is 23.8. The number of piperidine rings is 1. The Morgan fingerprint density at radius 2 is 1.91 bits per heavy atom. The number of rotatable bonds is 9. The highest BCUT2D eigenvalue weighted by molar-refractivity contribution is 5.77. The van der Waals surface area contributed by atoms with E-state index in [4.69, 9.17) is 25.1 Å². The maximum Gasteiger partial charge on any atom is 0.323 e. The second-order valence-electron chi connectivity index (χ2n) is 9.31. The Balaban J connectivity index is 1.82. The van der Waals surface area contributed by atoms with E-state index in [1.165, 1.54) is 11.1 Å². The second-order valence-corrected chi connectivity index (χ2v) is 9.31. The zero-order valence-electron chi connectivity index (χ0n) is 19.5. The first-order valence-electron chi connectivity index (χ1n) is 11.4. The summed E-state index contributed by atoms with van der Waals surface area (Å²) in [6.45, 7) is 6.14. The molecule has 8 heteroatoms. The van der Waals surface area contributed by atoms with Gasteiger partial charge in [-0.15, -0.1) is 0 Å². The molecule has 1 saturated heterocycles. The minimum atomic E-state index is -0.970. The Morgan fingerprint density at radius 3 is 2.53 bits per heavy atom. The molecule has 3 N–H and O–H groups in total. The zero-order chi connectivity index (χ0) is 23.4. The average molecular weight is 449 g/mol. The van der Waals surface area contributed by atoms with E-state index in [1.54, 1.807) is 14.2 Å². The molecule has 8 nitrogen and oxygen atoms in total. The molecular formula is C24H36N2O6. The van der Waals surface area contributed by atoms with E-state index in [-0.39, 0.29) is 30.9 Å². The number of carbonyl (C=O) groups is 2. The monoisotopic (exact) mass is 448 g/mol. The van der Waals surface area contributed by atoms with E-state index in [0.29, 0.717) is 18.1 Å². The third-order valence-corrected chi connectivity index (χ3v) is 6.58. The summed E-state index contributed by atoms with van der Waals surface area (Å²) in [5.74, 6) is 0.620. The molecular weight excluding hydrogens is 412 g/mol. The summed E-state index contributed by atoms with van der Waals surface area (Å²) < 4.78 is 16.9. The number of nitrogens with zero attached hydrogens (tertiary/aromatic N) is 1. The fourth-order valence-corrected chi connectivity index (χ4v) is 5.02. The molecule has 0 bridgehead atoms. The predicted octanol–water partition coefficient (Wildman–Crippen LogP) is 2.77. The van der Waals surface area contributed by atoms with E-state index < -0.39 is 18.0 Å². The van der Waals surface area contributed by atoms with Gasteiger partial charge in [-0.3, -0.25) is 14.5 Å². The molecule has 32 heavy (non-hydrogen) atoms. The Kier molecular flexibility index (Phi) is 8.00. The molecule has 4 atom stereocenters. The number of nitrogens with two attached hydrogens (primary N) is 1. The molecule has 0 radical (unpaired) electrons. The van der Waals surface area contributed by atoms with Crippen molar-refractivity contribution < 1.29 is 28.9 Å². The van der Waals surface area contributed by atoms with E-state index in [2.05, 4.69) is 24.8 Å². The van der Waals surface area contributed by atoms with Crippen LogP contribution in [0.4, 0.5) is 0 Å². The van der Waals surface area contributed by atoms with Gasteiger partial charge < -0.3 is 25.1 Å². The molecule has 1 fully saturated rings. The van der Waals surface area contributed by atoms with Gasteiger partial charge in [0.1, 0.15) is 12.1 Å². The zero-order valence-corrected chi connectivity index (χ0v) is 19.5. The largest absolute Gasteiger partial charge is 0.493 e. The van der Waals surface area contributed by atoms with Gasteiger partial charge in [0.2, 0.25) is 0 Å². The van der Waals surface area contributed by atoms with Crippen molar-refractivity contribution in [2.45, 2.75) is 64.1 Å². The van der Waals surface area contributed by atoms with Crippen LogP contribution in [0.15, 0.2) is 12.1 Å². The van der Waals surface area contributed by atoms with Crippen LogP contribution in [0.3, 0.4) is 0 Å². The lowest BCUT2D eigenvalue weighted by Crippen LogP contribution is -2.50. The van der Waals surface area contributed by atoms with E-state index in [1.807, 2.05) is 6.07 Å². The molecule has 178 valence electrons. The maximum absolute atomic E-state index is 12.7. The lowest BCUT2D eigenvalue weighted by atomic mass is 9.79. The van der Waals surface area contributed by atoms with Crippen LogP contribution < -0.4 is 15.2 Å². The topological polar surface area (TPSA) is 111 Å². The number of fused-ring (bicyclic) bond motifs is 3. The predicted molar refractivity (Wildman–Crippen MR) is 120 cm³/mol. The summed E-state index contributed by atoms with van der Waals surface area (Å²) in [5, 5.41) is 8.88. The van der Waals surface area contributed by atoms with Crippen molar-refractivity contribution in [2.24, 2.45) is 17.6 Å². The van der Waals surface area contributed by atoms with Gasteiger partial charge >= 0.3 is 11.9 Å². The highest BCUT2D eigenvalue weighted by Crippen LogP contribution is 2.44. The molecule has 0 saturated carbocycles. The number of hydrogen-bond donors (Lipinski definition) is 2. The smallest absolute Gasteiger partial charge is 0.323 e. The molecule has 1 aromatic rings. The van der Waals surface area contributed by atoms with E-state index in [9.17, 15) is 9.59 Å².